The number of ether oxygens (including phenoxy) is 1. The van der Waals surface area contributed by atoms with Crippen LogP contribution in [-0.2, 0) is 9.53 Å². The first kappa shape index (κ1) is 11.5. The first-order valence-electron chi connectivity index (χ1n) is 5.33. The van der Waals surface area contributed by atoms with Crippen molar-refractivity contribution in [3.05, 3.63) is 0 Å². The van der Waals surface area contributed by atoms with E-state index in [2.05, 4.69) is 17.6 Å². The molecule has 0 aromatic carbocycles. The highest BCUT2D eigenvalue weighted by atomic mass is 16.5. The van der Waals surface area contributed by atoms with Crippen molar-refractivity contribution in [1.82, 2.24) is 10.6 Å². The summed E-state index contributed by atoms with van der Waals surface area (Å²) in [5.41, 5.74) is 0. The van der Waals surface area contributed by atoms with Gasteiger partial charge in [0.05, 0.1) is 6.61 Å². The molecule has 1 saturated heterocycles. The molecule has 4 nitrogen and oxygen atoms in total. The largest absolute Gasteiger partial charge is 0.380 e. The van der Waals surface area contributed by atoms with Gasteiger partial charge in [0.25, 0.3) is 0 Å². The average molecular weight is 200 g/mol. The molecular formula is C10H20N2O2. The molecule has 14 heavy (non-hydrogen) atoms. The van der Waals surface area contributed by atoms with Crippen molar-refractivity contribution < 1.29 is 9.53 Å². The molecule has 2 N–H and O–H groups in total. The van der Waals surface area contributed by atoms with Gasteiger partial charge in [0.2, 0.25) is 5.91 Å². The van der Waals surface area contributed by atoms with E-state index in [0.717, 1.165) is 26.2 Å². The molecule has 2 unspecified atom stereocenters. The Bertz CT molecular complexity index is 185. The van der Waals surface area contributed by atoms with Crippen LogP contribution in [0.25, 0.3) is 0 Å². The monoisotopic (exact) mass is 200 g/mol. The molecule has 0 bridgehead atoms. The van der Waals surface area contributed by atoms with Gasteiger partial charge in [-0.3, -0.25) is 4.79 Å². The quantitative estimate of drug-likeness (QED) is 0.647. The summed E-state index contributed by atoms with van der Waals surface area (Å²) in [5, 5.41) is 6.26. The first-order chi connectivity index (χ1) is 6.72. The Kier molecular flexibility index (Phi) is 4.90. The second-order valence-corrected chi connectivity index (χ2v) is 3.77. The normalized spacial score (nSPS) is 23.6. The molecule has 0 aromatic heterocycles. The average Bonchev–Trinajstić information content (AvgIpc) is 2.58. The zero-order valence-electron chi connectivity index (χ0n) is 9.01. The zero-order valence-corrected chi connectivity index (χ0v) is 9.01. The maximum atomic E-state index is 10.9. The summed E-state index contributed by atoms with van der Waals surface area (Å²) in [4.78, 5) is 10.9. The van der Waals surface area contributed by atoms with Crippen LogP contribution in [0, 0.1) is 0 Å². The molecule has 2 atom stereocenters. The molecule has 0 aliphatic carbocycles. The number of hydrogen-bond acceptors (Lipinski definition) is 3. The van der Waals surface area contributed by atoms with E-state index in [-0.39, 0.29) is 5.91 Å². The summed E-state index contributed by atoms with van der Waals surface area (Å²) in [5.74, 6) is 0.175. The van der Waals surface area contributed by atoms with Gasteiger partial charge >= 0.3 is 0 Å². The summed E-state index contributed by atoms with van der Waals surface area (Å²) in [6.45, 7) is 6.42. The topological polar surface area (TPSA) is 50.4 Å². The third-order valence-electron chi connectivity index (χ3n) is 2.37. The third-order valence-corrected chi connectivity index (χ3v) is 2.37. The maximum absolute atomic E-state index is 10.9. The standard InChI is InChI=1S/C10H20N2O2/c1-3-14-7-8(2)11-6-9-4-5-10(13)12-9/h8-9,11H,3-7H2,1-2H3,(H,12,13). The Labute approximate surface area is 85.4 Å². The van der Waals surface area contributed by atoms with Crippen molar-refractivity contribution in [3.8, 4) is 0 Å². The first-order valence-corrected chi connectivity index (χ1v) is 5.33. The number of amides is 1. The van der Waals surface area contributed by atoms with Crippen molar-refractivity contribution in [1.29, 1.82) is 0 Å². The van der Waals surface area contributed by atoms with Crippen molar-refractivity contribution in [2.45, 2.75) is 38.8 Å². The molecule has 0 aromatic rings. The van der Waals surface area contributed by atoms with E-state index >= 15 is 0 Å². The second kappa shape index (κ2) is 5.98. The van der Waals surface area contributed by atoms with Crippen molar-refractivity contribution in [3.63, 3.8) is 0 Å². The number of hydrogen-bond donors (Lipinski definition) is 2. The van der Waals surface area contributed by atoms with Crippen LogP contribution in [0.4, 0.5) is 0 Å². The van der Waals surface area contributed by atoms with Crippen LogP contribution >= 0.6 is 0 Å². The number of nitrogens with one attached hydrogen (secondary N) is 2. The fourth-order valence-electron chi connectivity index (χ4n) is 1.53. The van der Waals surface area contributed by atoms with Gasteiger partial charge in [0.1, 0.15) is 0 Å². The van der Waals surface area contributed by atoms with Crippen LogP contribution in [0.5, 0.6) is 0 Å². The van der Waals surface area contributed by atoms with Gasteiger partial charge in [0, 0.05) is 31.7 Å². The van der Waals surface area contributed by atoms with Crippen molar-refractivity contribution >= 4 is 5.91 Å². The Hall–Kier alpha value is -0.610. The lowest BCUT2D eigenvalue weighted by atomic mass is 10.2. The van der Waals surface area contributed by atoms with Gasteiger partial charge in [-0.2, -0.15) is 0 Å². The molecule has 0 spiro atoms. The van der Waals surface area contributed by atoms with Crippen LogP contribution < -0.4 is 10.6 Å². The molecular weight excluding hydrogens is 180 g/mol. The Morgan fingerprint density at radius 1 is 1.71 bits per heavy atom. The lowest BCUT2D eigenvalue weighted by Crippen LogP contribution is -2.41. The van der Waals surface area contributed by atoms with Crippen LogP contribution in [0.15, 0.2) is 0 Å². The highest BCUT2D eigenvalue weighted by Gasteiger charge is 2.20. The SMILES string of the molecule is CCOCC(C)NCC1CCC(=O)N1. The number of carbonyl (C=O) groups is 1. The number of carbonyl (C=O) groups excluding carboxylic acids is 1. The minimum atomic E-state index is 0.175. The van der Waals surface area contributed by atoms with Crippen LogP contribution in [0.1, 0.15) is 26.7 Å². The third kappa shape index (κ3) is 4.07. The highest BCUT2D eigenvalue weighted by Crippen LogP contribution is 2.05. The van der Waals surface area contributed by atoms with E-state index in [0.29, 0.717) is 18.5 Å². The molecule has 1 rings (SSSR count). The second-order valence-electron chi connectivity index (χ2n) is 3.77. The van der Waals surface area contributed by atoms with Crippen LogP contribution in [0.3, 0.4) is 0 Å². The van der Waals surface area contributed by atoms with Gasteiger partial charge < -0.3 is 15.4 Å². The molecule has 82 valence electrons. The molecule has 1 aliphatic rings. The number of rotatable bonds is 6. The predicted octanol–water partition coefficient (Wildman–Crippen LogP) is 0.280. The van der Waals surface area contributed by atoms with E-state index < -0.39 is 0 Å². The lowest BCUT2D eigenvalue weighted by Gasteiger charge is -2.16. The van der Waals surface area contributed by atoms with E-state index in [1.54, 1.807) is 0 Å². The van der Waals surface area contributed by atoms with Gasteiger partial charge in [-0.25, -0.2) is 0 Å². The van der Waals surface area contributed by atoms with E-state index in [9.17, 15) is 4.79 Å². The molecule has 1 amide bonds. The smallest absolute Gasteiger partial charge is 0.220 e. The van der Waals surface area contributed by atoms with Crippen LogP contribution in [-0.4, -0.2) is 37.7 Å². The summed E-state index contributed by atoms with van der Waals surface area (Å²) in [7, 11) is 0. The van der Waals surface area contributed by atoms with E-state index in [4.69, 9.17) is 4.74 Å². The van der Waals surface area contributed by atoms with Gasteiger partial charge in [-0.05, 0) is 20.3 Å². The van der Waals surface area contributed by atoms with E-state index in [1.807, 2.05) is 6.92 Å². The Morgan fingerprint density at radius 3 is 3.07 bits per heavy atom. The molecule has 1 fully saturated rings. The minimum Gasteiger partial charge on any atom is -0.380 e. The Morgan fingerprint density at radius 2 is 2.50 bits per heavy atom. The molecule has 4 heteroatoms. The van der Waals surface area contributed by atoms with Gasteiger partial charge in [-0.15, -0.1) is 0 Å². The van der Waals surface area contributed by atoms with Gasteiger partial charge in [-0.1, -0.05) is 0 Å². The van der Waals surface area contributed by atoms with Crippen LogP contribution in [0.2, 0.25) is 0 Å². The summed E-state index contributed by atoms with van der Waals surface area (Å²) in [6, 6.07) is 0.666. The fraction of sp³-hybridized carbons (Fsp3) is 0.900. The highest BCUT2D eigenvalue weighted by molar-refractivity contribution is 5.78. The summed E-state index contributed by atoms with van der Waals surface area (Å²) >= 11 is 0. The minimum absolute atomic E-state index is 0.175. The predicted molar refractivity (Wildman–Crippen MR) is 55.1 cm³/mol. The molecule has 1 aliphatic heterocycles. The van der Waals surface area contributed by atoms with Crippen molar-refractivity contribution in [2.75, 3.05) is 19.8 Å². The molecule has 0 saturated carbocycles. The van der Waals surface area contributed by atoms with Crippen molar-refractivity contribution in [2.24, 2.45) is 0 Å². The molecule has 0 radical (unpaired) electrons. The lowest BCUT2D eigenvalue weighted by molar-refractivity contribution is -0.119. The van der Waals surface area contributed by atoms with E-state index in [1.165, 1.54) is 0 Å². The zero-order chi connectivity index (χ0) is 10.4. The Balaban J connectivity index is 2.05. The summed E-state index contributed by atoms with van der Waals surface area (Å²) < 4.78 is 5.28. The maximum Gasteiger partial charge on any atom is 0.220 e. The fourth-order valence-corrected chi connectivity index (χ4v) is 1.53. The summed E-state index contributed by atoms with van der Waals surface area (Å²) in [6.07, 6.45) is 1.62. The van der Waals surface area contributed by atoms with Gasteiger partial charge in [0.15, 0.2) is 0 Å². The molecule has 1 heterocycles.